The summed E-state index contributed by atoms with van der Waals surface area (Å²) in [6.45, 7) is 0. The zero-order valence-electron chi connectivity index (χ0n) is 3.42. The number of hydrogen-bond acceptors (Lipinski definition) is 2. The number of aromatic nitrogens is 2. The van der Waals surface area contributed by atoms with Gasteiger partial charge in [0.25, 0.3) is 0 Å². The normalized spacial score (nSPS) is 9.29. The molecule has 3 nitrogen and oxygen atoms in total. The van der Waals surface area contributed by atoms with Gasteiger partial charge < -0.3 is 4.98 Å². The van der Waals surface area contributed by atoms with Crippen LogP contribution < -0.4 is 0 Å². The minimum atomic E-state index is 0.359. The molecule has 0 saturated carbocycles. The lowest BCUT2D eigenvalue weighted by atomic mass is 11.0. The second-order valence-corrected chi connectivity index (χ2v) is 1.53. The largest absolute Gasteiger partial charge is 0.338 e. The van der Waals surface area contributed by atoms with E-state index in [1.165, 1.54) is 0 Å². The fourth-order valence-electron chi connectivity index (χ4n) is 0.296. The van der Waals surface area contributed by atoms with Crippen molar-refractivity contribution in [3.63, 3.8) is 0 Å². The molecule has 1 aromatic heterocycles. The molecular formula is C3H3N2OS. The van der Waals surface area contributed by atoms with Gasteiger partial charge in [-0.1, -0.05) is 0 Å². The van der Waals surface area contributed by atoms with Crippen molar-refractivity contribution < 1.29 is 4.55 Å². The summed E-state index contributed by atoms with van der Waals surface area (Å²) in [7, 11) is 0. The molecule has 37 valence electrons. The van der Waals surface area contributed by atoms with Gasteiger partial charge in [-0.3, -0.25) is 0 Å². The molecule has 0 unspecified atom stereocenters. The van der Waals surface area contributed by atoms with E-state index in [1.54, 1.807) is 12.4 Å². The Morgan fingerprint density at radius 3 is 3.00 bits per heavy atom. The molecule has 0 saturated heterocycles. The standard InChI is InChI=1S/C3H3N2OS/c6-7-3-4-1-2-5-3/h1-2H,(H,4,5). The lowest BCUT2D eigenvalue weighted by Crippen LogP contribution is -1.65. The van der Waals surface area contributed by atoms with Gasteiger partial charge in [0.05, 0.1) is 0 Å². The van der Waals surface area contributed by atoms with E-state index in [1.807, 2.05) is 0 Å². The average molecular weight is 115 g/mol. The highest BCUT2D eigenvalue weighted by atomic mass is 32.2. The van der Waals surface area contributed by atoms with Crippen LogP contribution in [0, 0.1) is 0 Å². The molecule has 0 amide bonds. The average Bonchev–Trinajstić information content (AvgIpc) is 2.14. The Hall–Kier alpha value is -0.480. The van der Waals surface area contributed by atoms with Gasteiger partial charge >= 0.3 is 0 Å². The van der Waals surface area contributed by atoms with Crippen molar-refractivity contribution in [2.45, 2.75) is 5.16 Å². The maximum atomic E-state index is 9.82. The Morgan fingerprint density at radius 2 is 2.71 bits per heavy atom. The van der Waals surface area contributed by atoms with Gasteiger partial charge in [-0.25, -0.2) is 4.98 Å². The summed E-state index contributed by atoms with van der Waals surface area (Å²) >= 11 is 0.359. The summed E-state index contributed by atoms with van der Waals surface area (Å²) in [5, 5.41) is 0.417. The Balaban J connectivity index is 2.76. The fraction of sp³-hybridized carbons (Fsp3) is 0. The molecular weight excluding hydrogens is 112 g/mol. The molecule has 0 aliphatic carbocycles. The topological polar surface area (TPSA) is 48.6 Å². The van der Waals surface area contributed by atoms with E-state index < -0.39 is 0 Å². The first-order valence-corrected chi connectivity index (χ1v) is 2.47. The minimum Gasteiger partial charge on any atom is -0.338 e. The van der Waals surface area contributed by atoms with Crippen molar-refractivity contribution in [2.24, 2.45) is 0 Å². The van der Waals surface area contributed by atoms with Crippen molar-refractivity contribution in [3.8, 4) is 0 Å². The molecule has 0 atom stereocenters. The SMILES string of the molecule is [O]Sc1ncc[nH]1. The van der Waals surface area contributed by atoms with Gasteiger partial charge in [-0.05, 0) is 0 Å². The highest BCUT2D eigenvalue weighted by Gasteiger charge is 1.88. The van der Waals surface area contributed by atoms with Gasteiger partial charge in [0, 0.05) is 12.4 Å². The number of nitrogens with one attached hydrogen (secondary N) is 1. The van der Waals surface area contributed by atoms with E-state index >= 15 is 0 Å². The third-order valence-electron chi connectivity index (χ3n) is 0.552. The van der Waals surface area contributed by atoms with Crippen molar-refractivity contribution in [1.82, 2.24) is 9.97 Å². The van der Waals surface area contributed by atoms with E-state index in [0.717, 1.165) is 0 Å². The summed E-state index contributed by atoms with van der Waals surface area (Å²) in [6.07, 6.45) is 3.15. The monoisotopic (exact) mass is 115 g/mol. The first-order valence-electron chi connectivity index (χ1n) is 1.72. The van der Waals surface area contributed by atoms with Crippen LogP contribution in [0.25, 0.3) is 0 Å². The predicted octanol–water partition coefficient (Wildman–Crippen LogP) is 0.847. The van der Waals surface area contributed by atoms with Crippen LogP contribution in [-0.4, -0.2) is 9.97 Å². The summed E-state index contributed by atoms with van der Waals surface area (Å²) in [5.41, 5.74) is 0. The van der Waals surface area contributed by atoms with E-state index in [0.29, 0.717) is 17.2 Å². The summed E-state index contributed by atoms with van der Waals surface area (Å²) in [6, 6.07) is 0. The number of nitrogens with zero attached hydrogens (tertiary/aromatic N) is 1. The summed E-state index contributed by atoms with van der Waals surface area (Å²) in [5.74, 6) is 0. The highest BCUT2D eigenvalue weighted by Crippen LogP contribution is 2.04. The molecule has 1 rings (SSSR count). The Labute approximate surface area is 45.0 Å². The molecule has 1 radical (unpaired) electrons. The summed E-state index contributed by atoms with van der Waals surface area (Å²) < 4.78 is 9.82. The third-order valence-corrected chi connectivity index (χ3v) is 0.933. The molecule has 1 heterocycles. The zero-order valence-corrected chi connectivity index (χ0v) is 4.23. The van der Waals surface area contributed by atoms with Crippen molar-refractivity contribution in [2.75, 3.05) is 0 Å². The third kappa shape index (κ3) is 0.942. The molecule has 1 aromatic rings. The number of aromatic amines is 1. The van der Waals surface area contributed by atoms with Crippen LogP contribution in [0.4, 0.5) is 0 Å². The van der Waals surface area contributed by atoms with E-state index in [-0.39, 0.29) is 0 Å². The van der Waals surface area contributed by atoms with Crippen molar-refractivity contribution in [1.29, 1.82) is 0 Å². The Morgan fingerprint density at radius 1 is 1.86 bits per heavy atom. The van der Waals surface area contributed by atoms with Crippen LogP contribution in [0.5, 0.6) is 0 Å². The zero-order chi connectivity index (χ0) is 5.11. The lowest BCUT2D eigenvalue weighted by molar-refractivity contribution is 0.527. The van der Waals surface area contributed by atoms with Crippen LogP contribution in [0.3, 0.4) is 0 Å². The van der Waals surface area contributed by atoms with Crippen LogP contribution in [0.15, 0.2) is 17.6 Å². The van der Waals surface area contributed by atoms with E-state index in [9.17, 15) is 4.55 Å². The van der Waals surface area contributed by atoms with Gasteiger partial charge in [-0.15, -0.1) is 4.55 Å². The maximum Gasteiger partial charge on any atom is 0.196 e. The molecule has 4 heteroatoms. The van der Waals surface area contributed by atoms with Gasteiger partial charge in [0.1, 0.15) is 12.0 Å². The molecule has 7 heavy (non-hydrogen) atoms. The highest BCUT2D eigenvalue weighted by molar-refractivity contribution is 7.93. The first-order chi connectivity index (χ1) is 3.43. The van der Waals surface area contributed by atoms with Crippen LogP contribution in [0.2, 0.25) is 0 Å². The number of hydrogen-bond donors (Lipinski definition) is 1. The second kappa shape index (κ2) is 1.99. The second-order valence-electron chi connectivity index (χ2n) is 0.978. The van der Waals surface area contributed by atoms with E-state index in [4.69, 9.17) is 0 Å². The number of imidazole rings is 1. The minimum absolute atomic E-state index is 0.359. The van der Waals surface area contributed by atoms with Crippen molar-refractivity contribution >= 4 is 12.0 Å². The molecule has 0 fully saturated rings. The lowest BCUT2D eigenvalue weighted by Gasteiger charge is -1.74. The van der Waals surface area contributed by atoms with Crippen molar-refractivity contribution in [3.05, 3.63) is 12.4 Å². The summed E-state index contributed by atoms with van der Waals surface area (Å²) in [4.78, 5) is 6.26. The fourth-order valence-corrected chi connectivity index (χ4v) is 0.516. The van der Waals surface area contributed by atoms with Crippen LogP contribution >= 0.6 is 12.0 Å². The quantitative estimate of drug-likeness (QED) is 0.551. The number of H-pyrrole nitrogens is 1. The Kier molecular flexibility index (Phi) is 1.33. The van der Waals surface area contributed by atoms with Gasteiger partial charge in [0.15, 0.2) is 5.16 Å². The van der Waals surface area contributed by atoms with Gasteiger partial charge in [0.2, 0.25) is 0 Å². The Bertz CT molecular complexity index is 127. The molecule has 1 N–H and O–H groups in total. The molecule has 0 aromatic carbocycles. The maximum absolute atomic E-state index is 9.82. The predicted molar refractivity (Wildman–Crippen MR) is 25.1 cm³/mol. The molecule has 0 bridgehead atoms. The molecule has 0 aliphatic heterocycles. The van der Waals surface area contributed by atoms with Gasteiger partial charge in [-0.2, -0.15) is 0 Å². The van der Waals surface area contributed by atoms with Crippen LogP contribution in [-0.2, 0) is 4.55 Å². The molecule has 0 spiro atoms. The van der Waals surface area contributed by atoms with E-state index in [2.05, 4.69) is 9.97 Å². The molecule has 0 aliphatic rings. The number of rotatable bonds is 1. The smallest absolute Gasteiger partial charge is 0.196 e. The first kappa shape index (κ1) is 4.67. The van der Waals surface area contributed by atoms with Crippen LogP contribution in [0.1, 0.15) is 0 Å².